The number of hydrogen-bond acceptors (Lipinski definition) is 5. The number of benzene rings is 1. The lowest BCUT2D eigenvalue weighted by molar-refractivity contribution is -0.129. The van der Waals surface area contributed by atoms with Gasteiger partial charge in [0.25, 0.3) is 5.91 Å². The molecule has 4 fully saturated rings. The van der Waals surface area contributed by atoms with Crippen molar-refractivity contribution in [1.82, 2.24) is 10.6 Å². The summed E-state index contributed by atoms with van der Waals surface area (Å²) in [5, 5.41) is 5.91. The highest BCUT2D eigenvalue weighted by Crippen LogP contribution is 2.61. The monoisotopic (exact) mass is 442 g/mol. The molecule has 7 heteroatoms. The highest BCUT2D eigenvalue weighted by Gasteiger charge is 2.51. The Bertz CT molecular complexity index is 800. The maximum absolute atomic E-state index is 12.6. The molecular formula is C25H34N2O5. The number of amides is 2. The Labute approximate surface area is 189 Å². The first-order valence-corrected chi connectivity index (χ1v) is 11.9. The molecule has 5 rings (SSSR count). The average Bonchev–Trinajstić information content (AvgIpc) is 2.72. The zero-order valence-electron chi connectivity index (χ0n) is 18.9. The largest absolute Gasteiger partial charge is 0.513 e. The minimum absolute atomic E-state index is 0.162. The van der Waals surface area contributed by atoms with Crippen molar-refractivity contribution in [2.24, 2.45) is 23.2 Å². The fraction of sp³-hybridized carbons (Fsp3) is 0.640. The van der Waals surface area contributed by atoms with Crippen LogP contribution in [0, 0.1) is 23.2 Å². The molecule has 2 amide bonds. The first-order chi connectivity index (χ1) is 15.4. The zero-order valence-corrected chi connectivity index (χ0v) is 18.9. The molecule has 1 aromatic carbocycles. The Morgan fingerprint density at radius 3 is 2.12 bits per heavy atom. The van der Waals surface area contributed by atoms with Crippen molar-refractivity contribution in [3.63, 3.8) is 0 Å². The summed E-state index contributed by atoms with van der Waals surface area (Å²) in [6.45, 7) is 2.99. The molecule has 2 N–H and O–H groups in total. The van der Waals surface area contributed by atoms with Crippen LogP contribution in [0.3, 0.4) is 0 Å². The van der Waals surface area contributed by atoms with E-state index in [0.717, 1.165) is 17.8 Å². The lowest BCUT2D eigenvalue weighted by Crippen LogP contribution is -2.48. The molecule has 32 heavy (non-hydrogen) atoms. The van der Waals surface area contributed by atoms with Crippen LogP contribution in [0.5, 0.6) is 5.75 Å². The predicted octanol–water partition coefficient (Wildman–Crippen LogP) is 4.06. The van der Waals surface area contributed by atoms with E-state index in [1.165, 1.54) is 38.5 Å². The second-order valence-electron chi connectivity index (χ2n) is 9.86. The van der Waals surface area contributed by atoms with E-state index >= 15 is 0 Å². The van der Waals surface area contributed by atoms with Gasteiger partial charge in [0.05, 0.1) is 6.61 Å². The van der Waals surface area contributed by atoms with Gasteiger partial charge < -0.3 is 20.1 Å². The van der Waals surface area contributed by atoms with E-state index in [-0.39, 0.29) is 23.8 Å². The molecule has 1 aromatic rings. The third-order valence-corrected chi connectivity index (χ3v) is 7.24. The summed E-state index contributed by atoms with van der Waals surface area (Å²) in [6, 6.07) is 6.29. The normalized spacial score (nSPS) is 27.6. The summed E-state index contributed by atoms with van der Waals surface area (Å²) in [5.74, 6) is 2.85. The number of rotatable bonds is 9. The van der Waals surface area contributed by atoms with E-state index in [4.69, 9.17) is 9.47 Å². The van der Waals surface area contributed by atoms with Crippen molar-refractivity contribution < 1.29 is 23.9 Å². The van der Waals surface area contributed by atoms with Gasteiger partial charge in [0.15, 0.2) is 0 Å². The van der Waals surface area contributed by atoms with Crippen molar-refractivity contribution in [2.75, 3.05) is 19.7 Å². The van der Waals surface area contributed by atoms with Crippen LogP contribution in [0.15, 0.2) is 24.3 Å². The molecule has 4 bridgehead atoms. The Morgan fingerprint density at radius 2 is 1.53 bits per heavy atom. The van der Waals surface area contributed by atoms with Gasteiger partial charge >= 0.3 is 6.16 Å². The number of nitrogens with one attached hydrogen (secondary N) is 2. The van der Waals surface area contributed by atoms with Crippen LogP contribution in [-0.4, -0.2) is 37.7 Å². The Morgan fingerprint density at radius 1 is 0.938 bits per heavy atom. The molecule has 0 aliphatic heterocycles. The number of carbonyl (C=O) groups excluding carboxylic acids is 3. The lowest BCUT2D eigenvalue weighted by Gasteiger charge is -2.56. The summed E-state index contributed by atoms with van der Waals surface area (Å²) >= 11 is 0. The molecule has 0 heterocycles. The highest BCUT2D eigenvalue weighted by atomic mass is 16.7. The van der Waals surface area contributed by atoms with Crippen molar-refractivity contribution in [3.05, 3.63) is 29.8 Å². The molecule has 0 unspecified atom stereocenters. The number of ether oxygens (including phenoxy) is 2. The number of carbonyl (C=O) groups is 3. The van der Waals surface area contributed by atoms with Crippen LogP contribution in [-0.2, 0) is 9.53 Å². The third-order valence-electron chi connectivity index (χ3n) is 7.24. The smallest absolute Gasteiger partial charge is 0.434 e. The van der Waals surface area contributed by atoms with Gasteiger partial charge in [-0.3, -0.25) is 9.59 Å². The van der Waals surface area contributed by atoms with Gasteiger partial charge in [-0.25, -0.2) is 4.79 Å². The van der Waals surface area contributed by atoms with Crippen LogP contribution < -0.4 is 15.4 Å². The van der Waals surface area contributed by atoms with Crippen LogP contribution >= 0.6 is 0 Å². The van der Waals surface area contributed by atoms with Crippen molar-refractivity contribution in [3.8, 4) is 5.75 Å². The van der Waals surface area contributed by atoms with E-state index in [0.29, 0.717) is 37.2 Å². The predicted molar refractivity (Wildman–Crippen MR) is 119 cm³/mol. The maximum atomic E-state index is 12.6. The molecule has 4 saturated carbocycles. The standard InChI is InChI=1S/C25H34N2O5/c1-2-31-24(30)32-21-6-4-20(5-7-21)23(29)27-9-3-8-26-22(28)16-25-13-17-10-18(14-25)12-19(11-17)15-25/h4-7,17-19H,2-3,8-16H2,1H3,(H,26,28)(H,27,29). The average molecular weight is 443 g/mol. The van der Waals surface area contributed by atoms with Crippen molar-refractivity contribution >= 4 is 18.0 Å². The topological polar surface area (TPSA) is 93.7 Å². The Kier molecular flexibility index (Phi) is 7.01. The summed E-state index contributed by atoms with van der Waals surface area (Å²) in [5.41, 5.74) is 0.739. The molecule has 0 radical (unpaired) electrons. The summed E-state index contributed by atoms with van der Waals surface area (Å²) in [6.07, 6.45) is 8.48. The minimum Gasteiger partial charge on any atom is -0.434 e. The fourth-order valence-corrected chi connectivity index (χ4v) is 6.45. The van der Waals surface area contributed by atoms with E-state index in [9.17, 15) is 14.4 Å². The fourth-order valence-electron chi connectivity index (χ4n) is 6.45. The number of hydrogen-bond donors (Lipinski definition) is 2. The first kappa shape index (κ1) is 22.6. The third kappa shape index (κ3) is 5.61. The van der Waals surface area contributed by atoms with Crippen molar-refractivity contribution in [2.45, 2.75) is 58.3 Å². The molecule has 0 atom stereocenters. The molecule has 0 saturated heterocycles. The molecule has 4 aliphatic rings. The van der Waals surface area contributed by atoms with Crippen LogP contribution in [0.25, 0.3) is 0 Å². The van der Waals surface area contributed by atoms with Gasteiger partial charge in [0.1, 0.15) is 5.75 Å². The molecule has 0 spiro atoms. The zero-order chi connectivity index (χ0) is 22.6. The van der Waals surface area contributed by atoms with Gasteiger partial charge in [0, 0.05) is 25.1 Å². The summed E-state index contributed by atoms with van der Waals surface area (Å²) < 4.78 is 9.69. The SMILES string of the molecule is CCOC(=O)Oc1ccc(C(=O)NCCCNC(=O)CC23CC4CC(CC(C4)C2)C3)cc1. The van der Waals surface area contributed by atoms with Gasteiger partial charge in [-0.1, -0.05) is 0 Å². The minimum atomic E-state index is -0.769. The van der Waals surface area contributed by atoms with Gasteiger partial charge in [0.2, 0.25) is 5.91 Å². The van der Waals surface area contributed by atoms with E-state index in [2.05, 4.69) is 10.6 Å². The first-order valence-electron chi connectivity index (χ1n) is 11.9. The molecule has 174 valence electrons. The molecular weight excluding hydrogens is 408 g/mol. The summed E-state index contributed by atoms with van der Waals surface area (Å²) in [4.78, 5) is 36.1. The van der Waals surface area contributed by atoms with Crippen LogP contribution in [0.2, 0.25) is 0 Å². The summed E-state index contributed by atoms with van der Waals surface area (Å²) in [7, 11) is 0. The van der Waals surface area contributed by atoms with Gasteiger partial charge in [-0.2, -0.15) is 0 Å². The molecule has 7 nitrogen and oxygen atoms in total. The van der Waals surface area contributed by atoms with Gasteiger partial charge in [-0.15, -0.1) is 0 Å². The van der Waals surface area contributed by atoms with E-state index < -0.39 is 6.16 Å². The van der Waals surface area contributed by atoms with Crippen molar-refractivity contribution in [1.29, 1.82) is 0 Å². The maximum Gasteiger partial charge on any atom is 0.513 e. The lowest BCUT2D eigenvalue weighted by atomic mass is 9.49. The van der Waals surface area contributed by atoms with Crippen LogP contribution in [0.4, 0.5) is 4.79 Å². The van der Waals surface area contributed by atoms with Crippen LogP contribution in [0.1, 0.15) is 68.6 Å². The second-order valence-corrected chi connectivity index (χ2v) is 9.86. The van der Waals surface area contributed by atoms with Gasteiger partial charge in [-0.05, 0) is 99.3 Å². The highest BCUT2D eigenvalue weighted by molar-refractivity contribution is 5.94. The Balaban J connectivity index is 1.12. The quantitative estimate of drug-likeness (QED) is 0.342. The second kappa shape index (κ2) is 9.92. The Hall–Kier alpha value is -2.57. The molecule has 0 aromatic heterocycles. The van der Waals surface area contributed by atoms with E-state index in [1.54, 1.807) is 31.2 Å². The van der Waals surface area contributed by atoms with E-state index in [1.807, 2.05) is 0 Å². The molecule has 4 aliphatic carbocycles.